The molecular weight excluding hydrogens is 787 g/mol. The van der Waals surface area contributed by atoms with Crippen molar-refractivity contribution < 1.29 is 58.2 Å². The lowest BCUT2D eigenvalue weighted by Crippen LogP contribution is -2.44. The summed E-state index contributed by atoms with van der Waals surface area (Å²) in [5.41, 5.74) is 1.57. The van der Waals surface area contributed by atoms with Gasteiger partial charge in [-0.2, -0.15) is 0 Å². The highest BCUT2D eigenvalue weighted by molar-refractivity contribution is 5.81. The molecule has 0 amide bonds. The number of ketones is 2. The zero-order chi connectivity index (χ0) is 45.2. The third-order valence-corrected chi connectivity index (χ3v) is 9.60. The third-order valence-electron chi connectivity index (χ3n) is 9.60. The summed E-state index contributed by atoms with van der Waals surface area (Å²) in [5.74, 6) is 0.218. The summed E-state index contributed by atoms with van der Waals surface area (Å²) in [5, 5.41) is 28.5. The fourth-order valence-electron chi connectivity index (χ4n) is 6.33. The second-order valence-corrected chi connectivity index (χ2v) is 16.2. The summed E-state index contributed by atoms with van der Waals surface area (Å²) in [6, 6.07) is 11.0. The molecule has 0 aromatic heterocycles. The Labute approximate surface area is 362 Å². The number of aryl methyl sites for hydroxylation is 1. The van der Waals surface area contributed by atoms with E-state index in [0.29, 0.717) is 94.0 Å². The number of likely N-dealkylation sites (N-methyl/N-ethyl adjacent to an activating group) is 1. The van der Waals surface area contributed by atoms with Gasteiger partial charge in [-0.3, -0.25) is 38.7 Å². The first-order chi connectivity index (χ1) is 29.1. The minimum absolute atomic E-state index is 0.0921. The van der Waals surface area contributed by atoms with E-state index in [1.807, 2.05) is 43.9 Å². The van der Waals surface area contributed by atoms with Crippen LogP contribution in [0.5, 0.6) is 23.0 Å². The zero-order valence-corrected chi connectivity index (χ0v) is 37.3. The van der Waals surface area contributed by atoms with Gasteiger partial charge in [0.15, 0.2) is 0 Å². The zero-order valence-electron chi connectivity index (χ0n) is 37.3. The maximum atomic E-state index is 12.9. The molecule has 0 aliphatic heterocycles. The van der Waals surface area contributed by atoms with Gasteiger partial charge in [0.1, 0.15) is 34.6 Å². The summed E-state index contributed by atoms with van der Waals surface area (Å²) in [4.78, 5) is 65.8. The average molecular weight is 858 g/mol. The molecule has 0 unspecified atom stereocenters. The Hall–Kier alpha value is -4.73. The van der Waals surface area contributed by atoms with E-state index >= 15 is 0 Å². The van der Waals surface area contributed by atoms with Crippen LogP contribution in [-0.2, 0) is 36.8 Å². The van der Waals surface area contributed by atoms with E-state index in [2.05, 4.69) is 20.8 Å². The molecule has 0 saturated heterocycles. The topological polar surface area (TPSA) is 193 Å². The summed E-state index contributed by atoms with van der Waals surface area (Å²) in [6.45, 7) is 15.4. The molecule has 342 valence electrons. The van der Waals surface area contributed by atoms with Crippen molar-refractivity contribution in [1.29, 1.82) is 0 Å². The number of benzene rings is 2. The summed E-state index contributed by atoms with van der Waals surface area (Å²) in [6.07, 6.45) is 3.60. The number of aliphatic carboxylic acids is 3. The van der Waals surface area contributed by atoms with Crippen LogP contribution < -0.4 is 18.9 Å². The Balaban J connectivity index is 1.79. The van der Waals surface area contributed by atoms with Crippen molar-refractivity contribution in [2.45, 2.75) is 92.9 Å². The molecule has 0 heterocycles. The molecule has 0 radical (unpaired) electrons. The molecule has 0 atom stereocenters. The van der Waals surface area contributed by atoms with E-state index < -0.39 is 17.9 Å². The van der Waals surface area contributed by atoms with Crippen LogP contribution in [0.25, 0.3) is 0 Å². The number of carboxylic acid groups (broad SMARTS) is 3. The molecule has 0 spiro atoms. The van der Waals surface area contributed by atoms with Crippen LogP contribution in [0.15, 0.2) is 36.4 Å². The van der Waals surface area contributed by atoms with Gasteiger partial charge >= 0.3 is 17.9 Å². The first-order valence-corrected chi connectivity index (χ1v) is 21.7. The van der Waals surface area contributed by atoms with Gasteiger partial charge in [0, 0.05) is 44.6 Å². The molecule has 0 aliphatic carbocycles. The summed E-state index contributed by atoms with van der Waals surface area (Å²) < 4.78 is 23.4. The van der Waals surface area contributed by atoms with E-state index in [1.54, 1.807) is 23.1 Å². The molecule has 0 bridgehead atoms. The van der Waals surface area contributed by atoms with Gasteiger partial charge in [0.2, 0.25) is 0 Å². The highest BCUT2D eigenvalue weighted by Crippen LogP contribution is 2.27. The minimum atomic E-state index is -1.10. The van der Waals surface area contributed by atoms with Crippen LogP contribution >= 0.6 is 0 Å². The van der Waals surface area contributed by atoms with Gasteiger partial charge in [0.25, 0.3) is 0 Å². The van der Waals surface area contributed by atoms with Gasteiger partial charge in [-0.25, -0.2) is 0 Å². The summed E-state index contributed by atoms with van der Waals surface area (Å²) in [7, 11) is 0. The summed E-state index contributed by atoms with van der Waals surface area (Å²) >= 11 is 0. The molecule has 2 rings (SSSR count). The van der Waals surface area contributed by atoms with Crippen molar-refractivity contribution in [2.24, 2.45) is 11.8 Å². The van der Waals surface area contributed by atoms with Crippen LogP contribution in [0.1, 0.15) is 91.2 Å². The molecule has 61 heavy (non-hydrogen) atoms. The number of carbonyl (C=O) groups excluding carboxylic acids is 2. The number of hydrogen-bond donors (Lipinski definition) is 3. The number of nitrogens with zero attached hydrogens (tertiary/aromatic N) is 3. The Bertz CT molecular complexity index is 1650. The van der Waals surface area contributed by atoms with Crippen LogP contribution in [0.2, 0.25) is 0 Å². The second-order valence-electron chi connectivity index (χ2n) is 16.2. The molecule has 3 N–H and O–H groups in total. The van der Waals surface area contributed by atoms with E-state index in [1.165, 1.54) is 4.90 Å². The number of carbonyl (C=O) groups is 5. The van der Waals surface area contributed by atoms with Crippen molar-refractivity contribution in [3.63, 3.8) is 0 Å². The van der Waals surface area contributed by atoms with Crippen molar-refractivity contribution in [3.05, 3.63) is 47.5 Å². The Kier molecular flexibility index (Phi) is 25.4. The van der Waals surface area contributed by atoms with Crippen LogP contribution in [0.3, 0.4) is 0 Å². The van der Waals surface area contributed by atoms with Gasteiger partial charge in [-0.05, 0) is 92.4 Å². The van der Waals surface area contributed by atoms with Crippen molar-refractivity contribution in [3.8, 4) is 23.0 Å². The predicted molar refractivity (Wildman–Crippen MR) is 233 cm³/mol. The number of ether oxygens (including phenoxy) is 4. The molecule has 2 aromatic rings. The second kappa shape index (κ2) is 29.5. The van der Waals surface area contributed by atoms with E-state index in [-0.39, 0.29) is 70.3 Å². The van der Waals surface area contributed by atoms with Crippen molar-refractivity contribution in [2.75, 3.05) is 85.3 Å². The lowest BCUT2D eigenvalue weighted by atomic mass is 10.1. The Morgan fingerprint density at radius 1 is 0.541 bits per heavy atom. The third kappa shape index (κ3) is 23.7. The largest absolute Gasteiger partial charge is 0.493 e. The first kappa shape index (κ1) is 52.4. The molecule has 0 aliphatic rings. The minimum Gasteiger partial charge on any atom is -0.493 e. The fraction of sp³-hybridized carbons (Fsp3) is 0.630. The normalized spacial score (nSPS) is 11.5. The number of unbranched alkanes of at least 4 members (excludes halogenated alkanes) is 2. The number of rotatable bonds is 36. The van der Waals surface area contributed by atoms with Gasteiger partial charge in [-0.15, -0.1) is 0 Å². The van der Waals surface area contributed by atoms with Gasteiger partial charge in [0.05, 0.1) is 59.0 Å². The molecule has 0 saturated carbocycles. The monoisotopic (exact) mass is 858 g/mol. The van der Waals surface area contributed by atoms with E-state index in [0.717, 1.165) is 29.9 Å². The quantitative estimate of drug-likeness (QED) is 0.0678. The molecule has 0 fully saturated rings. The SMILES string of the molecule is CCc1cc(OCC(C)C)ccc1OCCCCC(=O)CN(CC)CCN(CCN(CC(=O)O)CC(=O)CCCCOc1ccc(OCC(C)C)cc1CC(=O)O)CC(=O)O. The maximum Gasteiger partial charge on any atom is 0.317 e. The average Bonchev–Trinajstić information content (AvgIpc) is 3.19. The predicted octanol–water partition coefficient (Wildman–Crippen LogP) is 5.98. The number of Topliss-reactive ketones (excluding diaryl/α,β-unsaturated/α-hetero) is 2. The maximum absolute atomic E-state index is 12.9. The van der Waals surface area contributed by atoms with Crippen LogP contribution in [-0.4, -0.2) is 145 Å². The molecule has 15 nitrogen and oxygen atoms in total. The van der Waals surface area contributed by atoms with E-state index in [4.69, 9.17) is 18.9 Å². The van der Waals surface area contributed by atoms with Crippen molar-refractivity contribution in [1.82, 2.24) is 14.7 Å². The van der Waals surface area contributed by atoms with E-state index in [9.17, 15) is 39.3 Å². The Morgan fingerprint density at radius 3 is 1.44 bits per heavy atom. The number of carboxylic acids is 3. The highest BCUT2D eigenvalue weighted by atomic mass is 16.5. The lowest BCUT2D eigenvalue weighted by Gasteiger charge is -2.28. The number of hydrogen-bond acceptors (Lipinski definition) is 12. The van der Waals surface area contributed by atoms with Crippen molar-refractivity contribution >= 4 is 29.5 Å². The lowest BCUT2D eigenvalue weighted by molar-refractivity contribution is -0.140. The van der Waals surface area contributed by atoms with Crippen LogP contribution in [0, 0.1) is 11.8 Å². The molecule has 2 aromatic carbocycles. The smallest absolute Gasteiger partial charge is 0.317 e. The molecular formula is C46H71N3O12. The van der Waals surface area contributed by atoms with Crippen LogP contribution in [0.4, 0.5) is 0 Å². The highest BCUT2D eigenvalue weighted by Gasteiger charge is 2.19. The Morgan fingerprint density at radius 2 is 0.984 bits per heavy atom. The fourth-order valence-corrected chi connectivity index (χ4v) is 6.33. The van der Waals surface area contributed by atoms with Gasteiger partial charge in [-0.1, -0.05) is 41.5 Å². The molecule has 15 heteroatoms. The standard InChI is InChI=1S/C46H71N3O12/c1-7-36-25-40(60-32-34(3)4)15-17-42(36)58-23-11-9-13-38(50)28-47(8-2)19-20-48(30-45(54)55)21-22-49(31-46(56)57)29-39(51)14-10-12-24-59-43-18-16-41(61-33-35(5)6)26-37(43)27-44(52)53/h15-18,25-26,34-35H,7-14,19-24,27-33H2,1-6H3,(H,52,53)(H,54,55)(H,56,57). The van der Waals surface area contributed by atoms with Gasteiger partial charge < -0.3 is 34.3 Å². The first-order valence-electron chi connectivity index (χ1n) is 21.7.